The van der Waals surface area contributed by atoms with Crippen LogP contribution >= 0.6 is 0 Å². The van der Waals surface area contributed by atoms with Gasteiger partial charge < -0.3 is 20.6 Å². The maximum atomic E-state index is 12.5. The van der Waals surface area contributed by atoms with Gasteiger partial charge in [0.1, 0.15) is 6.10 Å². The number of rotatable bonds is 45. The minimum Gasteiger partial charge on any atom is -0.394 e. The van der Waals surface area contributed by atoms with Gasteiger partial charge in [0, 0.05) is 0 Å². The molecule has 0 aliphatic carbocycles. The highest BCUT2D eigenvalue weighted by atomic mass is 16.3. The van der Waals surface area contributed by atoms with Crippen LogP contribution in [0.4, 0.5) is 0 Å². The van der Waals surface area contributed by atoms with Gasteiger partial charge in [-0.15, -0.1) is 0 Å². The average molecular weight is 764 g/mol. The van der Waals surface area contributed by atoms with Gasteiger partial charge in [0.25, 0.3) is 0 Å². The average Bonchev–Trinajstić information content (AvgIpc) is 3.18. The van der Waals surface area contributed by atoms with Crippen molar-refractivity contribution in [2.75, 3.05) is 6.61 Å². The molecule has 0 aromatic carbocycles. The maximum Gasteiger partial charge on any atom is 0.249 e. The molecule has 322 valence electrons. The van der Waals surface area contributed by atoms with Gasteiger partial charge in [-0.2, -0.15) is 0 Å². The molecule has 0 fully saturated rings. The summed E-state index contributed by atoms with van der Waals surface area (Å²) in [4.78, 5) is 12.5. The molecule has 0 aliphatic heterocycles. The Morgan fingerprint density at radius 1 is 0.426 bits per heavy atom. The van der Waals surface area contributed by atoms with Gasteiger partial charge in [-0.05, 0) is 38.5 Å². The summed E-state index contributed by atoms with van der Waals surface area (Å²) in [7, 11) is 0. The molecule has 0 bridgehead atoms. The zero-order valence-electron chi connectivity index (χ0n) is 36.6. The fourth-order valence-electron chi connectivity index (χ4n) is 7.78. The second kappa shape index (κ2) is 44.8. The number of nitrogens with one attached hydrogen (secondary N) is 1. The summed E-state index contributed by atoms with van der Waals surface area (Å²) in [5, 5.41) is 33.2. The molecular weight excluding hydrogens is 667 g/mol. The Morgan fingerprint density at radius 3 is 1.02 bits per heavy atom. The van der Waals surface area contributed by atoms with Crippen molar-refractivity contribution in [1.29, 1.82) is 0 Å². The number of amides is 1. The predicted octanol–water partition coefficient (Wildman–Crippen LogP) is 14.4. The number of aliphatic hydroxyl groups is 3. The third-order valence-corrected chi connectivity index (χ3v) is 11.6. The van der Waals surface area contributed by atoms with E-state index < -0.39 is 24.2 Å². The molecule has 3 unspecified atom stereocenters. The first-order chi connectivity index (χ1) is 26.6. The van der Waals surface area contributed by atoms with Crippen molar-refractivity contribution >= 4 is 5.91 Å². The Balaban J connectivity index is 3.45. The van der Waals surface area contributed by atoms with Crippen LogP contribution in [0.25, 0.3) is 0 Å². The normalized spacial score (nSPS) is 13.5. The molecule has 5 heteroatoms. The molecule has 0 aromatic heterocycles. The molecule has 54 heavy (non-hydrogen) atoms. The van der Waals surface area contributed by atoms with Crippen molar-refractivity contribution in [3.05, 3.63) is 12.2 Å². The lowest BCUT2D eigenvalue weighted by atomic mass is 10.0. The van der Waals surface area contributed by atoms with Gasteiger partial charge in [-0.3, -0.25) is 4.79 Å². The van der Waals surface area contributed by atoms with Crippen LogP contribution in [-0.4, -0.2) is 46.1 Å². The molecule has 1 amide bonds. The van der Waals surface area contributed by atoms with Crippen LogP contribution in [-0.2, 0) is 4.79 Å². The first-order valence-electron chi connectivity index (χ1n) is 24.5. The fourth-order valence-corrected chi connectivity index (χ4v) is 7.78. The highest BCUT2D eigenvalue weighted by Gasteiger charge is 2.23. The number of allylic oxidation sites excluding steroid dienone is 2. The second-order valence-corrected chi connectivity index (χ2v) is 17.0. The standard InChI is InChI=1S/C49H97NO4/c1-3-5-7-9-11-13-14-15-16-17-18-19-20-21-22-23-24-25-26-27-28-29-30-31-32-33-34-36-38-40-42-44-48(53)49(54)50-46(45-51)47(52)43-41-39-37-35-12-10-8-6-4-2/h21-22,46-48,51-53H,3-20,23-45H2,1-2H3,(H,50,54)/b22-21-. The van der Waals surface area contributed by atoms with Crippen LogP contribution in [0, 0.1) is 0 Å². The number of unbranched alkanes of at least 4 members (excludes halogenated alkanes) is 35. The van der Waals surface area contributed by atoms with E-state index in [1.54, 1.807) is 0 Å². The molecule has 0 radical (unpaired) electrons. The number of aliphatic hydroxyl groups excluding tert-OH is 3. The maximum absolute atomic E-state index is 12.5. The molecule has 5 nitrogen and oxygen atoms in total. The summed E-state index contributed by atoms with van der Waals surface area (Å²) >= 11 is 0. The number of carbonyl (C=O) groups excluding carboxylic acids is 1. The SMILES string of the molecule is CCCCCCCCCCCCCC/C=C\CCCCCCCCCCCCCCCCCC(O)C(=O)NC(CO)C(O)CCCCCCCCCCC. The van der Waals surface area contributed by atoms with E-state index in [0.29, 0.717) is 12.8 Å². The number of hydrogen-bond acceptors (Lipinski definition) is 4. The van der Waals surface area contributed by atoms with Crippen LogP contribution in [0.2, 0.25) is 0 Å². The zero-order chi connectivity index (χ0) is 39.4. The van der Waals surface area contributed by atoms with Crippen LogP contribution < -0.4 is 5.32 Å². The third kappa shape index (κ3) is 39.3. The Morgan fingerprint density at radius 2 is 0.704 bits per heavy atom. The smallest absolute Gasteiger partial charge is 0.249 e. The van der Waals surface area contributed by atoms with Crippen molar-refractivity contribution in [3.63, 3.8) is 0 Å². The van der Waals surface area contributed by atoms with Crippen molar-refractivity contribution in [1.82, 2.24) is 5.32 Å². The lowest BCUT2D eigenvalue weighted by Crippen LogP contribution is -2.49. The van der Waals surface area contributed by atoms with E-state index in [4.69, 9.17) is 0 Å². The molecule has 0 aliphatic rings. The topological polar surface area (TPSA) is 89.8 Å². The molecule has 0 saturated carbocycles. The minimum absolute atomic E-state index is 0.311. The first kappa shape index (κ1) is 53.1. The molecule has 3 atom stereocenters. The van der Waals surface area contributed by atoms with Crippen LogP contribution in [0.5, 0.6) is 0 Å². The Labute approximate surface area is 338 Å². The van der Waals surface area contributed by atoms with Crippen molar-refractivity contribution in [2.45, 2.75) is 289 Å². The summed E-state index contributed by atoms with van der Waals surface area (Å²) < 4.78 is 0. The van der Waals surface area contributed by atoms with Crippen LogP contribution in [0.1, 0.15) is 271 Å². The van der Waals surface area contributed by atoms with Crippen LogP contribution in [0.3, 0.4) is 0 Å². The summed E-state index contributed by atoms with van der Waals surface area (Å²) in [5.74, 6) is -0.469. The Kier molecular flexibility index (Phi) is 44.0. The summed E-state index contributed by atoms with van der Waals surface area (Å²) in [5.41, 5.74) is 0. The monoisotopic (exact) mass is 764 g/mol. The molecule has 0 heterocycles. The van der Waals surface area contributed by atoms with Gasteiger partial charge in [0.2, 0.25) is 5.91 Å². The van der Waals surface area contributed by atoms with E-state index >= 15 is 0 Å². The quantitative estimate of drug-likeness (QED) is 0.0367. The van der Waals surface area contributed by atoms with Gasteiger partial charge in [0.05, 0.1) is 18.8 Å². The van der Waals surface area contributed by atoms with Crippen molar-refractivity contribution in [2.24, 2.45) is 0 Å². The van der Waals surface area contributed by atoms with Gasteiger partial charge in [0.15, 0.2) is 0 Å². The molecule has 0 saturated heterocycles. The largest absolute Gasteiger partial charge is 0.394 e. The Bertz CT molecular complexity index is 758. The summed E-state index contributed by atoms with van der Waals surface area (Å²) in [6, 6.07) is -0.706. The minimum atomic E-state index is -1.07. The molecular formula is C49H97NO4. The van der Waals surface area contributed by atoms with E-state index in [-0.39, 0.29) is 6.61 Å². The highest BCUT2D eigenvalue weighted by molar-refractivity contribution is 5.80. The van der Waals surface area contributed by atoms with Gasteiger partial charge >= 0.3 is 0 Å². The van der Waals surface area contributed by atoms with Crippen LogP contribution in [0.15, 0.2) is 12.2 Å². The molecule has 0 aromatic rings. The van der Waals surface area contributed by atoms with E-state index in [9.17, 15) is 20.1 Å². The van der Waals surface area contributed by atoms with E-state index in [1.165, 1.54) is 212 Å². The zero-order valence-corrected chi connectivity index (χ0v) is 36.6. The van der Waals surface area contributed by atoms with E-state index in [0.717, 1.165) is 32.1 Å². The number of carbonyl (C=O) groups is 1. The van der Waals surface area contributed by atoms with E-state index in [2.05, 4.69) is 31.3 Å². The van der Waals surface area contributed by atoms with Gasteiger partial charge in [-0.25, -0.2) is 0 Å². The fraction of sp³-hybridized carbons (Fsp3) is 0.939. The molecule has 0 spiro atoms. The summed E-state index contributed by atoms with van der Waals surface area (Å²) in [6.07, 6.45) is 54.0. The highest BCUT2D eigenvalue weighted by Crippen LogP contribution is 2.17. The predicted molar refractivity (Wildman–Crippen MR) is 236 cm³/mol. The van der Waals surface area contributed by atoms with Crippen molar-refractivity contribution in [3.8, 4) is 0 Å². The Hall–Kier alpha value is -0.910. The van der Waals surface area contributed by atoms with Crippen molar-refractivity contribution < 1.29 is 20.1 Å². The second-order valence-electron chi connectivity index (χ2n) is 17.0. The molecule has 0 rings (SSSR count). The van der Waals surface area contributed by atoms with Gasteiger partial charge in [-0.1, -0.05) is 244 Å². The lowest BCUT2D eigenvalue weighted by molar-refractivity contribution is -0.131. The first-order valence-corrected chi connectivity index (χ1v) is 24.5. The lowest BCUT2D eigenvalue weighted by Gasteiger charge is -2.23. The third-order valence-electron chi connectivity index (χ3n) is 11.6. The molecule has 4 N–H and O–H groups in total. The summed E-state index contributed by atoms with van der Waals surface area (Å²) in [6.45, 7) is 4.22. The van der Waals surface area contributed by atoms with E-state index in [1.807, 2.05) is 0 Å². The number of hydrogen-bond donors (Lipinski definition) is 4.